The number of hydrogen-bond acceptors (Lipinski definition) is 6. The minimum atomic E-state index is -0.578. The zero-order valence-electron chi connectivity index (χ0n) is 13.0. The first kappa shape index (κ1) is 15.8. The van der Waals surface area contributed by atoms with E-state index in [9.17, 15) is 9.90 Å². The Bertz CT molecular complexity index is 661. The number of phenols is 1. The van der Waals surface area contributed by atoms with E-state index in [1.807, 2.05) is 0 Å². The Labute approximate surface area is 128 Å². The van der Waals surface area contributed by atoms with Crippen molar-refractivity contribution in [2.75, 3.05) is 0 Å². The highest BCUT2D eigenvalue weighted by Gasteiger charge is 2.21. The molecule has 118 valence electrons. The molecule has 1 atom stereocenters. The second-order valence-corrected chi connectivity index (χ2v) is 5.87. The smallest absolute Gasteiger partial charge is 0.408 e. The van der Waals surface area contributed by atoms with Crippen LogP contribution in [0.1, 0.15) is 39.6 Å². The van der Waals surface area contributed by atoms with Gasteiger partial charge in [-0.25, -0.2) is 4.79 Å². The van der Waals surface area contributed by atoms with Crippen LogP contribution >= 0.6 is 0 Å². The van der Waals surface area contributed by atoms with E-state index in [2.05, 4.69) is 15.5 Å². The van der Waals surface area contributed by atoms with E-state index < -0.39 is 17.7 Å². The van der Waals surface area contributed by atoms with Gasteiger partial charge in [0, 0.05) is 5.56 Å². The molecule has 0 aliphatic heterocycles. The molecule has 2 N–H and O–H groups in total. The van der Waals surface area contributed by atoms with Crippen LogP contribution in [-0.2, 0) is 4.74 Å². The van der Waals surface area contributed by atoms with Gasteiger partial charge in [0.25, 0.3) is 0 Å². The molecule has 1 amide bonds. The predicted octanol–water partition coefficient (Wildman–Crippen LogP) is 3.03. The number of amides is 1. The summed E-state index contributed by atoms with van der Waals surface area (Å²) in [6.07, 6.45) is -0.558. The Kier molecular flexibility index (Phi) is 4.35. The molecule has 1 heterocycles. The molecular weight excluding hydrogens is 286 g/mol. The quantitative estimate of drug-likeness (QED) is 0.904. The first-order valence-corrected chi connectivity index (χ1v) is 6.87. The topological polar surface area (TPSA) is 97.5 Å². The number of hydrogen-bond donors (Lipinski definition) is 2. The maximum absolute atomic E-state index is 11.7. The lowest BCUT2D eigenvalue weighted by atomic mass is 10.2. The third-order valence-corrected chi connectivity index (χ3v) is 2.65. The summed E-state index contributed by atoms with van der Waals surface area (Å²) >= 11 is 0. The van der Waals surface area contributed by atoms with Gasteiger partial charge in [0.1, 0.15) is 17.4 Å². The molecule has 7 nitrogen and oxygen atoms in total. The average Bonchev–Trinajstić information content (AvgIpc) is 2.85. The molecule has 0 saturated carbocycles. The summed E-state index contributed by atoms with van der Waals surface area (Å²) in [5, 5.41) is 15.9. The minimum Gasteiger partial charge on any atom is -0.508 e. The molecule has 0 spiro atoms. The maximum Gasteiger partial charge on any atom is 0.408 e. The number of carbonyl (C=O) groups excluding carboxylic acids is 1. The molecule has 0 saturated heterocycles. The highest BCUT2D eigenvalue weighted by molar-refractivity contribution is 5.68. The van der Waals surface area contributed by atoms with Crippen LogP contribution in [0.25, 0.3) is 11.4 Å². The van der Waals surface area contributed by atoms with E-state index in [-0.39, 0.29) is 11.6 Å². The SMILES string of the molecule is CC(NC(=O)OC(C)(C)C)c1nc(-c2cccc(O)c2)no1. The molecule has 0 aliphatic carbocycles. The summed E-state index contributed by atoms with van der Waals surface area (Å²) in [5.41, 5.74) is 0.0465. The summed E-state index contributed by atoms with van der Waals surface area (Å²) in [6, 6.07) is 6.02. The van der Waals surface area contributed by atoms with Gasteiger partial charge in [-0.1, -0.05) is 17.3 Å². The van der Waals surface area contributed by atoms with Crippen LogP contribution in [0.2, 0.25) is 0 Å². The molecule has 0 fully saturated rings. The maximum atomic E-state index is 11.7. The van der Waals surface area contributed by atoms with E-state index in [0.29, 0.717) is 11.4 Å². The van der Waals surface area contributed by atoms with Crippen molar-refractivity contribution in [3.8, 4) is 17.1 Å². The van der Waals surface area contributed by atoms with Crippen LogP contribution < -0.4 is 5.32 Å². The molecule has 1 unspecified atom stereocenters. The number of rotatable bonds is 3. The van der Waals surface area contributed by atoms with Gasteiger partial charge in [-0.3, -0.25) is 0 Å². The van der Waals surface area contributed by atoms with E-state index in [1.165, 1.54) is 6.07 Å². The van der Waals surface area contributed by atoms with Gasteiger partial charge in [0.2, 0.25) is 11.7 Å². The van der Waals surface area contributed by atoms with Crippen LogP contribution in [-0.4, -0.2) is 26.9 Å². The first-order chi connectivity index (χ1) is 10.2. The molecule has 2 rings (SSSR count). The lowest BCUT2D eigenvalue weighted by molar-refractivity contribution is 0.0499. The van der Waals surface area contributed by atoms with Crippen molar-refractivity contribution in [1.29, 1.82) is 0 Å². The summed E-state index contributed by atoms with van der Waals surface area (Å²) in [6.45, 7) is 7.06. The van der Waals surface area contributed by atoms with Gasteiger partial charge in [-0.15, -0.1) is 0 Å². The second-order valence-electron chi connectivity index (χ2n) is 5.87. The van der Waals surface area contributed by atoms with Crippen molar-refractivity contribution in [3.63, 3.8) is 0 Å². The van der Waals surface area contributed by atoms with E-state index >= 15 is 0 Å². The number of benzene rings is 1. The number of nitrogens with zero attached hydrogens (tertiary/aromatic N) is 2. The average molecular weight is 305 g/mol. The van der Waals surface area contributed by atoms with Crippen molar-refractivity contribution in [1.82, 2.24) is 15.5 Å². The lowest BCUT2D eigenvalue weighted by Gasteiger charge is -2.20. The third kappa shape index (κ3) is 4.21. The predicted molar refractivity (Wildman–Crippen MR) is 79.2 cm³/mol. The van der Waals surface area contributed by atoms with Gasteiger partial charge < -0.3 is 19.7 Å². The lowest BCUT2D eigenvalue weighted by Crippen LogP contribution is -2.34. The van der Waals surface area contributed by atoms with Crippen molar-refractivity contribution in [2.45, 2.75) is 39.3 Å². The Morgan fingerprint density at radius 3 is 2.77 bits per heavy atom. The summed E-state index contributed by atoms with van der Waals surface area (Å²) in [4.78, 5) is 15.9. The molecule has 7 heteroatoms. The Morgan fingerprint density at radius 2 is 2.14 bits per heavy atom. The Hall–Kier alpha value is -2.57. The highest BCUT2D eigenvalue weighted by Crippen LogP contribution is 2.22. The van der Waals surface area contributed by atoms with Crippen molar-refractivity contribution >= 4 is 6.09 Å². The van der Waals surface area contributed by atoms with Crippen molar-refractivity contribution < 1.29 is 19.2 Å². The van der Waals surface area contributed by atoms with Gasteiger partial charge >= 0.3 is 6.09 Å². The number of aromatic hydroxyl groups is 1. The fourth-order valence-corrected chi connectivity index (χ4v) is 1.72. The van der Waals surface area contributed by atoms with Gasteiger partial charge in [0.15, 0.2) is 0 Å². The molecular formula is C15H19N3O4. The fraction of sp³-hybridized carbons (Fsp3) is 0.400. The van der Waals surface area contributed by atoms with Crippen LogP contribution in [0.3, 0.4) is 0 Å². The molecule has 1 aromatic carbocycles. The second kappa shape index (κ2) is 6.05. The van der Waals surface area contributed by atoms with E-state index in [1.54, 1.807) is 45.9 Å². The standard InChI is InChI=1S/C15H19N3O4/c1-9(16-14(20)21-15(2,3)4)13-17-12(18-22-13)10-6-5-7-11(19)8-10/h5-9,19H,1-4H3,(H,16,20). The number of ether oxygens (including phenoxy) is 1. The number of carbonyl (C=O) groups is 1. The molecule has 0 aliphatic rings. The van der Waals surface area contributed by atoms with Gasteiger partial charge in [-0.2, -0.15) is 4.98 Å². The molecule has 1 aromatic heterocycles. The molecule has 0 bridgehead atoms. The number of aromatic nitrogens is 2. The van der Waals surface area contributed by atoms with Crippen LogP contribution in [0.5, 0.6) is 5.75 Å². The number of alkyl carbamates (subject to hydrolysis) is 1. The zero-order valence-corrected chi connectivity index (χ0v) is 13.0. The molecule has 0 radical (unpaired) electrons. The third-order valence-electron chi connectivity index (χ3n) is 2.65. The monoisotopic (exact) mass is 305 g/mol. The summed E-state index contributed by atoms with van der Waals surface area (Å²) in [5.74, 6) is 0.705. The first-order valence-electron chi connectivity index (χ1n) is 6.87. The Morgan fingerprint density at radius 1 is 1.41 bits per heavy atom. The highest BCUT2D eigenvalue weighted by atomic mass is 16.6. The minimum absolute atomic E-state index is 0.115. The van der Waals surface area contributed by atoms with Gasteiger partial charge in [-0.05, 0) is 39.8 Å². The number of nitrogens with one attached hydrogen (secondary N) is 1. The van der Waals surface area contributed by atoms with Crippen molar-refractivity contribution in [3.05, 3.63) is 30.2 Å². The van der Waals surface area contributed by atoms with Gasteiger partial charge in [0.05, 0.1) is 0 Å². The van der Waals surface area contributed by atoms with Crippen LogP contribution in [0.15, 0.2) is 28.8 Å². The molecule has 2 aromatic rings. The van der Waals surface area contributed by atoms with E-state index in [0.717, 1.165) is 0 Å². The van der Waals surface area contributed by atoms with Crippen molar-refractivity contribution in [2.24, 2.45) is 0 Å². The van der Waals surface area contributed by atoms with E-state index in [4.69, 9.17) is 9.26 Å². The largest absolute Gasteiger partial charge is 0.508 e. The Balaban J connectivity index is 2.06. The van der Waals surface area contributed by atoms with Crippen LogP contribution in [0.4, 0.5) is 4.79 Å². The summed E-state index contributed by atoms with van der Waals surface area (Å²) in [7, 11) is 0. The van der Waals surface area contributed by atoms with Crippen LogP contribution in [0, 0.1) is 0 Å². The number of phenolic OH excluding ortho intramolecular Hbond substituents is 1. The summed E-state index contributed by atoms with van der Waals surface area (Å²) < 4.78 is 10.3. The normalized spacial score (nSPS) is 12.7. The fourth-order valence-electron chi connectivity index (χ4n) is 1.72. The zero-order chi connectivity index (χ0) is 16.3. The molecule has 22 heavy (non-hydrogen) atoms.